The second-order valence-electron chi connectivity index (χ2n) is 4.21. The molecular weight excluding hydrogens is 232 g/mol. The Hall–Kier alpha value is -1.91. The Bertz CT molecular complexity index is 406. The van der Waals surface area contributed by atoms with Gasteiger partial charge in [0.1, 0.15) is 0 Å². The minimum absolute atomic E-state index is 0.0310. The molecule has 1 rings (SSSR count). The highest BCUT2D eigenvalue weighted by atomic mass is 16.4. The van der Waals surface area contributed by atoms with Gasteiger partial charge in [-0.2, -0.15) is 0 Å². The first kappa shape index (κ1) is 14.2. The average Bonchev–Trinajstić information content (AvgIpc) is 2.37. The van der Waals surface area contributed by atoms with Crippen molar-refractivity contribution in [2.24, 2.45) is 0 Å². The number of amides is 1. The first-order chi connectivity index (χ1) is 8.52. The maximum Gasteiger partial charge on any atom is 0.303 e. The van der Waals surface area contributed by atoms with Crippen LogP contribution in [0, 0.1) is 0 Å². The fraction of sp³-hybridized carbons (Fsp3) is 0.462. The first-order valence-corrected chi connectivity index (χ1v) is 5.89. The highest BCUT2D eigenvalue weighted by Crippen LogP contribution is 2.18. The minimum Gasteiger partial charge on any atom is -0.481 e. The molecule has 0 aromatic carbocycles. The fourth-order valence-electron chi connectivity index (χ4n) is 1.65. The standard InChI is InChI=1S/C13H18N2O3/c1-10(11-6-8-14-9-7-11)15(2)12(16)4-3-5-13(17)18/h6-10H,3-5H2,1-2H3,(H,17,18). The van der Waals surface area contributed by atoms with Crippen molar-refractivity contribution in [2.45, 2.75) is 32.2 Å². The maximum atomic E-state index is 11.9. The van der Waals surface area contributed by atoms with Crippen molar-refractivity contribution in [3.05, 3.63) is 30.1 Å². The first-order valence-electron chi connectivity index (χ1n) is 5.89. The van der Waals surface area contributed by atoms with Gasteiger partial charge in [0.15, 0.2) is 0 Å². The number of aliphatic carboxylic acids is 1. The predicted octanol–water partition coefficient (Wildman–Crippen LogP) is 1.86. The molecular formula is C13H18N2O3. The van der Waals surface area contributed by atoms with Gasteiger partial charge >= 0.3 is 5.97 Å². The van der Waals surface area contributed by atoms with Gasteiger partial charge in [-0.25, -0.2) is 0 Å². The fourth-order valence-corrected chi connectivity index (χ4v) is 1.65. The van der Waals surface area contributed by atoms with Crippen LogP contribution in [0.3, 0.4) is 0 Å². The molecule has 1 heterocycles. The highest BCUT2D eigenvalue weighted by Gasteiger charge is 2.17. The lowest BCUT2D eigenvalue weighted by molar-refractivity contribution is -0.137. The maximum absolute atomic E-state index is 11.9. The summed E-state index contributed by atoms with van der Waals surface area (Å²) < 4.78 is 0. The van der Waals surface area contributed by atoms with Gasteiger partial charge in [0.25, 0.3) is 0 Å². The van der Waals surface area contributed by atoms with Crippen LogP contribution in [-0.2, 0) is 9.59 Å². The van der Waals surface area contributed by atoms with Crippen LogP contribution in [0.2, 0.25) is 0 Å². The highest BCUT2D eigenvalue weighted by molar-refractivity contribution is 5.77. The van der Waals surface area contributed by atoms with Crippen molar-refractivity contribution >= 4 is 11.9 Å². The van der Waals surface area contributed by atoms with E-state index < -0.39 is 5.97 Å². The van der Waals surface area contributed by atoms with E-state index in [-0.39, 0.29) is 24.8 Å². The Morgan fingerprint density at radius 2 is 1.94 bits per heavy atom. The zero-order valence-corrected chi connectivity index (χ0v) is 10.7. The largest absolute Gasteiger partial charge is 0.481 e. The number of carboxylic acids is 1. The smallest absolute Gasteiger partial charge is 0.303 e. The van der Waals surface area contributed by atoms with Crippen LogP contribution in [0.4, 0.5) is 0 Å². The van der Waals surface area contributed by atoms with E-state index in [1.165, 1.54) is 0 Å². The summed E-state index contributed by atoms with van der Waals surface area (Å²) in [5.74, 6) is -0.909. The third-order valence-electron chi connectivity index (χ3n) is 2.94. The molecule has 98 valence electrons. The summed E-state index contributed by atoms with van der Waals surface area (Å²) in [6.07, 6.45) is 4.05. The Morgan fingerprint density at radius 3 is 2.50 bits per heavy atom. The third-order valence-corrected chi connectivity index (χ3v) is 2.94. The van der Waals surface area contributed by atoms with Crippen molar-refractivity contribution in [3.8, 4) is 0 Å². The van der Waals surface area contributed by atoms with E-state index in [0.717, 1.165) is 5.56 Å². The molecule has 5 heteroatoms. The molecule has 0 aliphatic rings. The number of nitrogens with zero attached hydrogens (tertiary/aromatic N) is 2. The van der Waals surface area contributed by atoms with Crippen LogP contribution in [0.1, 0.15) is 37.8 Å². The number of carboxylic acid groups (broad SMARTS) is 1. The van der Waals surface area contributed by atoms with Gasteiger partial charge in [-0.1, -0.05) is 0 Å². The lowest BCUT2D eigenvalue weighted by Gasteiger charge is -2.25. The number of rotatable bonds is 6. The van der Waals surface area contributed by atoms with Crippen LogP contribution >= 0.6 is 0 Å². The van der Waals surface area contributed by atoms with Gasteiger partial charge in [0.05, 0.1) is 6.04 Å². The number of hydrogen-bond donors (Lipinski definition) is 1. The van der Waals surface area contributed by atoms with Gasteiger partial charge in [0.2, 0.25) is 5.91 Å². The molecule has 1 N–H and O–H groups in total. The SMILES string of the molecule is CC(c1ccncc1)N(C)C(=O)CCCC(=O)O. The molecule has 0 bridgehead atoms. The number of aromatic nitrogens is 1. The molecule has 18 heavy (non-hydrogen) atoms. The normalized spacial score (nSPS) is 11.9. The zero-order valence-electron chi connectivity index (χ0n) is 10.7. The summed E-state index contributed by atoms with van der Waals surface area (Å²) in [5.41, 5.74) is 1.01. The van der Waals surface area contributed by atoms with Gasteiger partial charge < -0.3 is 10.0 Å². The average molecular weight is 250 g/mol. The van der Waals surface area contributed by atoms with Crippen molar-refractivity contribution in [2.75, 3.05) is 7.05 Å². The van der Waals surface area contributed by atoms with Crippen molar-refractivity contribution in [3.63, 3.8) is 0 Å². The predicted molar refractivity (Wildman–Crippen MR) is 66.9 cm³/mol. The Morgan fingerprint density at radius 1 is 1.33 bits per heavy atom. The van der Waals surface area contributed by atoms with E-state index >= 15 is 0 Å². The van der Waals surface area contributed by atoms with Crippen LogP contribution in [-0.4, -0.2) is 33.9 Å². The molecule has 1 unspecified atom stereocenters. The topological polar surface area (TPSA) is 70.5 Å². The molecule has 1 aromatic rings. The molecule has 0 fully saturated rings. The molecule has 1 atom stereocenters. The molecule has 0 saturated carbocycles. The lowest BCUT2D eigenvalue weighted by atomic mass is 10.1. The van der Waals surface area contributed by atoms with E-state index in [9.17, 15) is 9.59 Å². The van der Waals surface area contributed by atoms with Gasteiger partial charge in [-0.05, 0) is 31.0 Å². The lowest BCUT2D eigenvalue weighted by Crippen LogP contribution is -2.29. The monoisotopic (exact) mass is 250 g/mol. The number of hydrogen-bond acceptors (Lipinski definition) is 3. The molecule has 1 aromatic heterocycles. The Labute approximate surface area is 106 Å². The van der Waals surface area contributed by atoms with Gasteiger partial charge in [0, 0.05) is 32.3 Å². The summed E-state index contributed by atoms with van der Waals surface area (Å²) in [5, 5.41) is 8.52. The molecule has 0 aliphatic heterocycles. The Balaban J connectivity index is 2.50. The summed E-state index contributed by atoms with van der Waals surface area (Å²) in [4.78, 5) is 27.8. The van der Waals surface area contributed by atoms with Crippen molar-refractivity contribution in [1.29, 1.82) is 0 Å². The third kappa shape index (κ3) is 4.16. The second-order valence-corrected chi connectivity index (χ2v) is 4.21. The van der Waals surface area contributed by atoms with E-state index in [2.05, 4.69) is 4.98 Å². The van der Waals surface area contributed by atoms with E-state index in [4.69, 9.17) is 5.11 Å². The van der Waals surface area contributed by atoms with Crippen LogP contribution in [0.5, 0.6) is 0 Å². The van der Waals surface area contributed by atoms with Crippen molar-refractivity contribution < 1.29 is 14.7 Å². The van der Waals surface area contributed by atoms with Crippen LogP contribution in [0.15, 0.2) is 24.5 Å². The summed E-state index contributed by atoms with van der Waals surface area (Å²) in [6.45, 7) is 1.93. The summed E-state index contributed by atoms with van der Waals surface area (Å²) in [6, 6.07) is 3.70. The molecule has 0 aliphatic carbocycles. The van der Waals surface area contributed by atoms with E-state index in [0.29, 0.717) is 6.42 Å². The molecule has 5 nitrogen and oxygen atoms in total. The minimum atomic E-state index is -0.868. The molecule has 0 saturated heterocycles. The van der Waals surface area contributed by atoms with E-state index in [1.54, 1.807) is 24.3 Å². The number of pyridine rings is 1. The number of carbonyl (C=O) groups excluding carboxylic acids is 1. The zero-order chi connectivity index (χ0) is 13.5. The summed E-state index contributed by atoms with van der Waals surface area (Å²) >= 11 is 0. The number of carbonyl (C=O) groups is 2. The van der Waals surface area contributed by atoms with Crippen LogP contribution in [0.25, 0.3) is 0 Å². The quantitative estimate of drug-likeness (QED) is 0.836. The molecule has 1 amide bonds. The Kier molecular flexibility index (Phi) is 5.30. The van der Waals surface area contributed by atoms with Crippen molar-refractivity contribution in [1.82, 2.24) is 9.88 Å². The van der Waals surface area contributed by atoms with Gasteiger partial charge in [-0.3, -0.25) is 14.6 Å². The summed E-state index contributed by atoms with van der Waals surface area (Å²) in [7, 11) is 1.73. The second kappa shape index (κ2) is 6.74. The molecule has 0 radical (unpaired) electrons. The molecule has 0 spiro atoms. The van der Waals surface area contributed by atoms with Crippen LogP contribution < -0.4 is 0 Å². The van der Waals surface area contributed by atoms with Gasteiger partial charge in [-0.15, -0.1) is 0 Å². The van der Waals surface area contributed by atoms with E-state index in [1.807, 2.05) is 19.1 Å².